The summed E-state index contributed by atoms with van der Waals surface area (Å²) in [5.74, 6) is 1.03. The zero-order valence-corrected chi connectivity index (χ0v) is 10.6. The van der Waals surface area contributed by atoms with Gasteiger partial charge in [-0.3, -0.25) is 4.79 Å². The van der Waals surface area contributed by atoms with Gasteiger partial charge in [-0.1, -0.05) is 0 Å². The smallest absolute Gasteiger partial charge is 0.225 e. The van der Waals surface area contributed by atoms with Gasteiger partial charge in [0.25, 0.3) is 0 Å². The highest BCUT2D eigenvalue weighted by Crippen LogP contribution is 2.32. The Hall–Kier alpha value is -1.36. The number of imidazole rings is 1. The van der Waals surface area contributed by atoms with Crippen LogP contribution in [0.2, 0.25) is 0 Å². The summed E-state index contributed by atoms with van der Waals surface area (Å²) in [4.78, 5) is 18.2. The average Bonchev–Trinajstić information content (AvgIpc) is 2.81. The van der Waals surface area contributed by atoms with E-state index in [0.717, 1.165) is 12.4 Å². The van der Waals surface area contributed by atoms with Crippen molar-refractivity contribution in [1.82, 2.24) is 14.5 Å². The lowest BCUT2D eigenvalue weighted by molar-refractivity contribution is -0.130. The van der Waals surface area contributed by atoms with Crippen LogP contribution in [-0.4, -0.2) is 32.4 Å². The number of carbonyl (C=O) groups is 1. The number of amides is 1. The molecule has 1 aliphatic heterocycles. The van der Waals surface area contributed by atoms with Gasteiger partial charge < -0.3 is 15.2 Å². The average molecular weight is 236 g/mol. The Morgan fingerprint density at radius 1 is 1.59 bits per heavy atom. The molecule has 1 aliphatic rings. The second-order valence-corrected chi connectivity index (χ2v) is 4.78. The number of rotatable bonds is 3. The fraction of sp³-hybridized carbons (Fsp3) is 0.667. The van der Waals surface area contributed by atoms with Crippen LogP contribution in [0.15, 0.2) is 12.4 Å². The maximum atomic E-state index is 11.9. The van der Waals surface area contributed by atoms with E-state index in [1.54, 1.807) is 6.20 Å². The van der Waals surface area contributed by atoms with Crippen LogP contribution in [0.5, 0.6) is 0 Å². The predicted octanol–water partition coefficient (Wildman–Crippen LogP) is 0.912. The van der Waals surface area contributed by atoms with Gasteiger partial charge in [-0.15, -0.1) is 0 Å². The fourth-order valence-electron chi connectivity index (χ4n) is 2.56. The van der Waals surface area contributed by atoms with Crippen LogP contribution in [0.1, 0.15) is 39.1 Å². The van der Waals surface area contributed by atoms with Crippen molar-refractivity contribution < 1.29 is 4.79 Å². The Bertz CT molecular complexity index is 412. The van der Waals surface area contributed by atoms with E-state index >= 15 is 0 Å². The lowest BCUT2D eigenvalue weighted by Crippen LogP contribution is -2.39. The number of hydrogen-bond acceptors (Lipinski definition) is 3. The molecule has 5 nitrogen and oxygen atoms in total. The molecular formula is C12H20N4O. The number of nitrogens with zero attached hydrogens (tertiary/aromatic N) is 3. The molecule has 0 spiro atoms. The van der Waals surface area contributed by atoms with Crippen molar-refractivity contribution in [1.29, 1.82) is 0 Å². The van der Waals surface area contributed by atoms with E-state index in [1.165, 1.54) is 0 Å². The molecular weight excluding hydrogens is 216 g/mol. The van der Waals surface area contributed by atoms with E-state index in [1.807, 2.05) is 24.9 Å². The van der Waals surface area contributed by atoms with E-state index < -0.39 is 0 Å². The summed E-state index contributed by atoms with van der Waals surface area (Å²) < 4.78 is 2.05. The van der Waals surface area contributed by atoms with Crippen LogP contribution in [-0.2, 0) is 11.3 Å². The third kappa shape index (κ3) is 1.95. The standard InChI is InChI=1S/C12H20N4O/c1-4-15-6-5-14-12(15)11-9(13)7-10(17)16(11)8(2)3/h5-6,8-9,11H,4,7,13H2,1-3H3/t9-,11-/m0/s1. The van der Waals surface area contributed by atoms with Crippen LogP contribution in [0.3, 0.4) is 0 Å². The summed E-state index contributed by atoms with van der Waals surface area (Å²) >= 11 is 0. The van der Waals surface area contributed by atoms with E-state index in [0.29, 0.717) is 6.42 Å². The van der Waals surface area contributed by atoms with Crippen LogP contribution in [0, 0.1) is 0 Å². The van der Waals surface area contributed by atoms with Gasteiger partial charge >= 0.3 is 0 Å². The van der Waals surface area contributed by atoms with Gasteiger partial charge in [-0.2, -0.15) is 0 Å². The first-order chi connectivity index (χ1) is 8.06. The zero-order chi connectivity index (χ0) is 12.6. The molecule has 2 heterocycles. The minimum absolute atomic E-state index is 0.0857. The maximum absolute atomic E-state index is 11.9. The molecule has 2 N–H and O–H groups in total. The molecule has 17 heavy (non-hydrogen) atoms. The summed E-state index contributed by atoms with van der Waals surface area (Å²) in [5, 5.41) is 0. The molecule has 94 valence electrons. The Morgan fingerprint density at radius 3 is 2.88 bits per heavy atom. The van der Waals surface area contributed by atoms with Crippen LogP contribution in [0.4, 0.5) is 0 Å². The monoisotopic (exact) mass is 236 g/mol. The lowest BCUT2D eigenvalue weighted by atomic mass is 10.1. The third-order valence-corrected chi connectivity index (χ3v) is 3.31. The van der Waals surface area contributed by atoms with Crippen molar-refractivity contribution in [2.45, 2.75) is 51.9 Å². The number of aromatic nitrogens is 2. The highest BCUT2D eigenvalue weighted by molar-refractivity contribution is 5.80. The maximum Gasteiger partial charge on any atom is 0.225 e. The number of hydrogen-bond donors (Lipinski definition) is 1. The van der Waals surface area contributed by atoms with Crippen molar-refractivity contribution >= 4 is 5.91 Å². The van der Waals surface area contributed by atoms with E-state index in [-0.39, 0.29) is 24.0 Å². The molecule has 2 rings (SSSR count). The van der Waals surface area contributed by atoms with Gasteiger partial charge in [-0.05, 0) is 20.8 Å². The van der Waals surface area contributed by atoms with Crippen LogP contribution >= 0.6 is 0 Å². The van der Waals surface area contributed by atoms with Gasteiger partial charge in [0.15, 0.2) is 0 Å². The molecule has 0 bridgehead atoms. The largest absolute Gasteiger partial charge is 0.333 e. The quantitative estimate of drug-likeness (QED) is 0.848. The molecule has 1 fully saturated rings. The first kappa shape index (κ1) is 12.1. The first-order valence-corrected chi connectivity index (χ1v) is 6.14. The molecule has 1 aromatic heterocycles. The van der Waals surface area contributed by atoms with Gasteiger partial charge in [0.1, 0.15) is 11.9 Å². The Kier molecular flexibility index (Phi) is 3.19. The number of nitrogens with two attached hydrogens (primary N) is 1. The van der Waals surface area contributed by atoms with Gasteiger partial charge in [0, 0.05) is 37.4 Å². The zero-order valence-electron chi connectivity index (χ0n) is 10.6. The van der Waals surface area contributed by atoms with Crippen LogP contribution < -0.4 is 5.73 Å². The molecule has 1 aromatic rings. The normalized spacial score (nSPS) is 25.0. The lowest BCUT2D eigenvalue weighted by Gasteiger charge is -2.30. The van der Waals surface area contributed by atoms with Crippen molar-refractivity contribution in [2.24, 2.45) is 5.73 Å². The van der Waals surface area contributed by atoms with Crippen molar-refractivity contribution in [3.8, 4) is 0 Å². The van der Waals surface area contributed by atoms with E-state index in [2.05, 4.69) is 16.5 Å². The van der Waals surface area contributed by atoms with Crippen molar-refractivity contribution in [3.05, 3.63) is 18.2 Å². The minimum Gasteiger partial charge on any atom is -0.333 e. The van der Waals surface area contributed by atoms with E-state index in [4.69, 9.17) is 5.73 Å². The van der Waals surface area contributed by atoms with Gasteiger partial charge in [-0.25, -0.2) is 4.98 Å². The third-order valence-electron chi connectivity index (χ3n) is 3.31. The van der Waals surface area contributed by atoms with E-state index in [9.17, 15) is 4.79 Å². The number of likely N-dealkylation sites (tertiary alicyclic amines) is 1. The molecule has 1 saturated heterocycles. The summed E-state index contributed by atoms with van der Waals surface area (Å²) in [6, 6.07) is -0.0851. The number of aryl methyl sites for hydroxylation is 1. The van der Waals surface area contributed by atoms with Gasteiger partial charge in [0.05, 0.1) is 0 Å². The number of carbonyl (C=O) groups excluding carboxylic acids is 1. The Balaban J connectivity index is 2.38. The summed E-state index contributed by atoms with van der Waals surface area (Å²) in [7, 11) is 0. The minimum atomic E-state index is -0.155. The molecule has 0 unspecified atom stereocenters. The van der Waals surface area contributed by atoms with Gasteiger partial charge in [0.2, 0.25) is 5.91 Å². The molecule has 0 saturated carbocycles. The SMILES string of the molecule is CCn1ccnc1[C@@H]1[C@@H](N)CC(=O)N1C(C)C. The van der Waals surface area contributed by atoms with Crippen molar-refractivity contribution in [3.63, 3.8) is 0 Å². The molecule has 0 radical (unpaired) electrons. The second kappa shape index (κ2) is 4.49. The summed E-state index contributed by atoms with van der Waals surface area (Å²) in [5.41, 5.74) is 6.10. The Morgan fingerprint density at radius 2 is 2.29 bits per heavy atom. The topological polar surface area (TPSA) is 64.2 Å². The second-order valence-electron chi connectivity index (χ2n) is 4.78. The first-order valence-electron chi connectivity index (χ1n) is 6.14. The molecule has 5 heteroatoms. The van der Waals surface area contributed by atoms with Crippen LogP contribution in [0.25, 0.3) is 0 Å². The highest BCUT2D eigenvalue weighted by atomic mass is 16.2. The predicted molar refractivity (Wildman–Crippen MR) is 65.2 cm³/mol. The van der Waals surface area contributed by atoms with Crippen molar-refractivity contribution in [2.75, 3.05) is 0 Å². The summed E-state index contributed by atoms with van der Waals surface area (Å²) in [6.07, 6.45) is 4.12. The highest BCUT2D eigenvalue weighted by Gasteiger charge is 2.41. The summed E-state index contributed by atoms with van der Waals surface area (Å²) in [6.45, 7) is 6.94. The molecule has 0 aliphatic carbocycles. The Labute approximate surface area is 102 Å². The fourth-order valence-corrected chi connectivity index (χ4v) is 2.56. The molecule has 0 aromatic carbocycles. The molecule has 1 amide bonds. The molecule has 2 atom stereocenters.